The van der Waals surface area contributed by atoms with Crippen molar-refractivity contribution < 1.29 is 8.42 Å². The summed E-state index contributed by atoms with van der Waals surface area (Å²) >= 11 is 1.62. The fraction of sp³-hybridized carbons (Fsp3) is 0.231. The molecule has 0 fully saturated rings. The van der Waals surface area contributed by atoms with E-state index in [0.29, 0.717) is 11.4 Å². The molecule has 1 unspecified atom stereocenters. The maximum absolute atomic E-state index is 11.8. The molecule has 1 aromatic heterocycles. The molecule has 1 aromatic carbocycles. The van der Waals surface area contributed by atoms with Gasteiger partial charge in [0.15, 0.2) is 0 Å². The smallest absolute Gasteiger partial charge is 0.240 e. The molecule has 5 nitrogen and oxygen atoms in total. The maximum atomic E-state index is 11.8. The zero-order valence-corrected chi connectivity index (χ0v) is 12.9. The summed E-state index contributed by atoms with van der Waals surface area (Å²) in [6.07, 6.45) is 0. The lowest BCUT2D eigenvalue weighted by atomic mass is 10.1. The third kappa shape index (κ3) is 3.12. The molecule has 1 atom stereocenters. The van der Waals surface area contributed by atoms with E-state index in [1.54, 1.807) is 23.5 Å². The quantitative estimate of drug-likeness (QED) is 0.740. The zero-order chi connectivity index (χ0) is 14.8. The predicted molar refractivity (Wildman–Crippen MR) is 83.5 cm³/mol. The molecule has 7 heteroatoms. The fourth-order valence-electron chi connectivity index (χ4n) is 1.78. The van der Waals surface area contributed by atoms with Gasteiger partial charge in [-0.1, -0.05) is 0 Å². The Morgan fingerprint density at radius 3 is 2.65 bits per heavy atom. The van der Waals surface area contributed by atoms with Gasteiger partial charge >= 0.3 is 0 Å². The molecular formula is C13H17N3O2S2. The molecule has 2 aromatic rings. The standard InChI is InChI=1S/C13H17N3O2S2/c1-9(10-5-6-19-8-10)16-13-7-11(3-4-12(13)14)20(17,18)15-2/h3-9,15-16H,14H2,1-2H3. The molecule has 108 valence electrons. The Bertz CT molecular complexity index is 682. The van der Waals surface area contributed by atoms with Crippen LogP contribution in [-0.4, -0.2) is 15.5 Å². The van der Waals surface area contributed by atoms with Gasteiger partial charge in [-0.15, -0.1) is 0 Å². The highest BCUT2D eigenvalue weighted by atomic mass is 32.2. The summed E-state index contributed by atoms with van der Waals surface area (Å²) in [5, 5.41) is 7.28. The molecule has 4 N–H and O–H groups in total. The average molecular weight is 311 g/mol. The van der Waals surface area contributed by atoms with Crippen LogP contribution in [0.15, 0.2) is 39.9 Å². The Morgan fingerprint density at radius 1 is 1.30 bits per heavy atom. The normalized spacial score (nSPS) is 13.1. The van der Waals surface area contributed by atoms with Crippen LogP contribution < -0.4 is 15.8 Å². The summed E-state index contributed by atoms with van der Waals surface area (Å²) < 4.78 is 25.9. The molecule has 0 aliphatic carbocycles. The summed E-state index contributed by atoms with van der Waals surface area (Å²) in [5.74, 6) is 0. The maximum Gasteiger partial charge on any atom is 0.240 e. The van der Waals surface area contributed by atoms with Crippen LogP contribution in [0.4, 0.5) is 11.4 Å². The minimum absolute atomic E-state index is 0.0519. The van der Waals surface area contributed by atoms with E-state index in [1.165, 1.54) is 13.1 Å². The highest BCUT2D eigenvalue weighted by molar-refractivity contribution is 7.89. The van der Waals surface area contributed by atoms with E-state index < -0.39 is 10.0 Å². The number of anilines is 2. The summed E-state index contributed by atoms with van der Waals surface area (Å²) in [7, 11) is -2.09. The third-order valence-corrected chi connectivity index (χ3v) is 5.13. The highest BCUT2D eigenvalue weighted by Gasteiger charge is 2.14. The first-order valence-electron chi connectivity index (χ1n) is 6.06. The van der Waals surface area contributed by atoms with E-state index in [4.69, 9.17) is 5.73 Å². The van der Waals surface area contributed by atoms with Crippen molar-refractivity contribution in [2.24, 2.45) is 0 Å². The van der Waals surface area contributed by atoms with Gasteiger partial charge in [0.05, 0.1) is 16.3 Å². The number of nitrogens with two attached hydrogens (primary N) is 1. The molecule has 0 aliphatic rings. The SMILES string of the molecule is CNS(=O)(=O)c1ccc(N)c(NC(C)c2ccsc2)c1. The monoisotopic (exact) mass is 311 g/mol. The van der Waals surface area contributed by atoms with Crippen molar-refractivity contribution >= 4 is 32.7 Å². The molecule has 0 aliphatic heterocycles. The first kappa shape index (κ1) is 14.8. The van der Waals surface area contributed by atoms with Gasteiger partial charge < -0.3 is 11.1 Å². The Hall–Kier alpha value is -1.57. The number of benzene rings is 1. The number of rotatable bonds is 5. The van der Waals surface area contributed by atoms with Crippen LogP contribution >= 0.6 is 11.3 Å². The van der Waals surface area contributed by atoms with E-state index in [-0.39, 0.29) is 10.9 Å². The Labute approximate surface area is 122 Å². The lowest BCUT2D eigenvalue weighted by Crippen LogP contribution is -2.19. The lowest BCUT2D eigenvalue weighted by Gasteiger charge is -2.17. The molecule has 1 heterocycles. The number of thiophene rings is 1. The van der Waals surface area contributed by atoms with Crippen LogP contribution in [0.25, 0.3) is 0 Å². The van der Waals surface area contributed by atoms with Crippen LogP contribution in [-0.2, 0) is 10.0 Å². The van der Waals surface area contributed by atoms with Crippen LogP contribution in [0, 0.1) is 0 Å². The van der Waals surface area contributed by atoms with Crippen molar-refractivity contribution in [1.29, 1.82) is 0 Å². The van der Waals surface area contributed by atoms with E-state index >= 15 is 0 Å². The summed E-state index contributed by atoms with van der Waals surface area (Å²) in [4.78, 5) is 0.189. The van der Waals surface area contributed by atoms with Gasteiger partial charge in [-0.3, -0.25) is 0 Å². The third-order valence-electron chi connectivity index (χ3n) is 3.02. The minimum Gasteiger partial charge on any atom is -0.397 e. The van der Waals surface area contributed by atoms with Crippen molar-refractivity contribution in [3.8, 4) is 0 Å². The van der Waals surface area contributed by atoms with Gasteiger partial charge in [-0.25, -0.2) is 13.1 Å². The molecule has 0 saturated carbocycles. The molecule has 0 amide bonds. The van der Waals surface area contributed by atoms with Crippen molar-refractivity contribution in [3.63, 3.8) is 0 Å². The summed E-state index contributed by atoms with van der Waals surface area (Å²) in [6, 6.07) is 6.70. The fourth-order valence-corrected chi connectivity index (χ4v) is 3.29. The van der Waals surface area contributed by atoms with Gasteiger partial charge in [0.25, 0.3) is 0 Å². The van der Waals surface area contributed by atoms with Crippen molar-refractivity contribution in [2.75, 3.05) is 18.1 Å². The topological polar surface area (TPSA) is 84.2 Å². The largest absolute Gasteiger partial charge is 0.397 e. The van der Waals surface area contributed by atoms with Crippen molar-refractivity contribution in [1.82, 2.24) is 4.72 Å². The van der Waals surface area contributed by atoms with Crippen LogP contribution in [0.5, 0.6) is 0 Å². The molecule has 20 heavy (non-hydrogen) atoms. The summed E-state index contributed by atoms with van der Waals surface area (Å²) in [6.45, 7) is 2.00. The van der Waals surface area contributed by atoms with Gasteiger partial charge in [0.2, 0.25) is 10.0 Å². The number of nitrogen functional groups attached to an aromatic ring is 1. The van der Waals surface area contributed by atoms with Gasteiger partial charge in [-0.2, -0.15) is 11.3 Å². The van der Waals surface area contributed by atoms with Crippen LogP contribution in [0.2, 0.25) is 0 Å². The van der Waals surface area contributed by atoms with Gasteiger partial charge in [0, 0.05) is 6.04 Å². The van der Waals surface area contributed by atoms with E-state index in [2.05, 4.69) is 10.0 Å². The molecule has 2 rings (SSSR count). The van der Waals surface area contributed by atoms with Crippen molar-refractivity contribution in [2.45, 2.75) is 17.9 Å². The first-order valence-corrected chi connectivity index (χ1v) is 8.48. The van der Waals surface area contributed by atoms with E-state index in [0.717, 1.165) is 5.56 Å². The van der Waals surface area contributed by atoms with E-state index in [1.807, 2.05) is 23.8 Å². The molecule has 0 radical (unpaired) electrons. The number of nitrogens with one attached hydrogen (secondary N) is 2. The van der Waals surface area contributed by atoms with Gasteiger partial charge in [0.1, 0.15) is 0 Å². The number of hydrogen-bond donors (Lipinski definition) is 3. The Balaban J connectivity index is 2.30. The van der Waals surface area contributed by atoms with Gasteiger partial charge in [-0.05, 0) is 54.6 Å². The van der Waals surface area contributed by atoms with Crippen LogP contribution in [0.1, 0.15) is 18.5 Å². The average Bonchev–Trinajstić information content (AvgIpc) is 2.95. The zero-order valence-electron chi connectivity index (χ0n) is 11.3. The lowest BCUT2D eigenvalue weighted by molar-refractivity contribution is 0.588. The number of sulfonamides is 1. The Kier molecular flexibility index (Phi) is 4.32. The van der Waals surface area contributed by atoms with Crippen LogP contribution in [0.3, 0.4) is 0 Å². The Morgan fingerprint density at radius 2 is 2.05 bits per heavy atom. The van der Waals surface area contributed by atoms with Crippen molar-refractivity contribution in [3.05, 3.63) is 40.6 Å². The summed E-state index contributed by atoms with van der Waals surface area (Å²) in [5.41, 5.74) is 8.16. The molecule has 0 bridgehead atoms. The van der Waals surface area contributed by atoms with E-state index in [9.17, 15) is 8.42 Å². The first-order chi connectivity index (χ1) is 9.44. The number of hydrogen-bond acceptors (Lipinski definition) is 5. The predicted octanol–water partition coefficient (Wildman–Crippen LogP) is 2.41. The second-order valence-electron chi connectivity index (χ2n) is 4.38. The molecular weight excluding hydrogens is 294 g/mol. The molecule has 0 spiro atoms. The second-order valence-corrected chi connectivity index (χ2v) is 7.05. The second kappa shape index (κ2) is 5.82. The minimum atomic E-state index is -3.47. The molecule has 0 saturated heterocycles. The highest BCUT2D eigenvalue weighted by Crippen LogP contribution is 2.27.